The maximum absolute atomic E-state index is 12.6. The lowest BCUT2D eigenvalue weighted by molar-refractivity contribution is 0.102. The Morgan fingerprint density at radius 1 is 1.05 bits per heavy atom. The van der Waals surface area contributed by atoms with Gasteiger partial charge >= 0.3 is 0 Å². The highest BCUT2D eigenvalue weighted by Crippen LogP contribution is 2.29. The van der Waals surface area contributed by atoms with Crippen LogP contribution >= 0.6 is 0 Å². The number of hydrogen-bond donors (Lipinski definition) is 0. The van der Waals surface area contributed by atoms with Crippen molar-refractivity contribution in [1.29, 1.82) is 0 Å². The Morgan fingerprint density at radius 3 is 2.52 bits per heavy atom. The van der Waals surface area contributed by atoms with Crippen LogP contribution in [0.4, 0.5) is 0 Å². The maximum Gasteiger partial charge on any atom is 0.189 e. The molecule has 0 saturated heterocycles. The number of carbonyl (C=O) groups excluding carboxylic acids is 1. The van der Waals surface area contributed by atoms with Crippen molar-refractivity contribution in [3.8, 4) is 5.75 Å². The summed E-state index contributed by atoms with van der Waals surface area (Å²) >= 11 is 0. The van der Waals surface area contributed by atoms with Gasteiger partial charge in [-0.25, -0.2) is 0 Å². The van der Waals surface area contributed by atoms with E-state index in [9.17, 15) is 4.79 Å². The third kappa shape index (κ3) is 2.75. The summed E-state index contributed by atoms with van der Waals surface area (Å²) in [6.07, 6.45) is 3.68. The lowest BCUT2D eigenvalue weighted by Crippen LogP contribution is -2.14. The third-order valence-corrected chi connectivity index (χ3v) is 3.93. The number of benzene rings is 2. The summed E-state index contributed by atoms with van der Waals surface area (Å²) in [4.78, 5) is 12.6. The van der Waals surface area contributed by atoms with Gasteiger partial charge in [0.1, 0.15) is 5.75 Å². The van der Waals surface area contributed by atoms with Crippen LogP contribution in [-0.2, 0) is 6.42 Å². The molecule has 1 aliphatic rings. The molecule has 0 bridgehead atoms. The van der Waals surface area contributed by atoms with Crippen molar-refractivity contribution in [2.24, 2.45) is 0 Å². The van der Waals surface area contributed by atoms with E-state index >= 15 is 0 Å². The molecular weight excluding hydrogens is 260 g/mol. The van der Waals surface area contributed by atoms with Gasteiger partial charge in [0.05, 0.1) is 7.11 Å². The normalized spacial score (nSPS) is 15.9. The highest BCUT2D eigenvalue weighted by molar-refractivity contribution is 6.13. The molecule has 0 unspecified atom stereocenters. The Labute approximate surface area is 125 Å². The summed E-state index contributed by atoms with van der Waals surface area (Å²) in [5.41, 5.74) is 5.09. The first-order valence-electron chi connectivity index (χ1n) is 7.16. The summed E-state index contributed by atoms with van der Waals surface area (Å²) in [5, 5.41) is 0. The van der Waals surface area contributed by atoms with Crippen LogP contribution in [0.5, 0.6) is 5.75 Å². The van der Waals surface area contributed by atoms with Crippen molar-refractivity contribution in [1.82, 2.24) is 0 Å². The highest BCUT2D eigenvalue weighted by atomic mass is 16.5. The van der Waals surface area contributed by atoms with Crippen molar-refractivity contribution >= 4 is 11.9 Å². The Kier molecular flexibility index (Phi) is 3.61. The van der Waals surface area contributed by atoms with Gasteiger partial charge < -0.3 is 4.74 Å². The molecule has 0 saturated carbocycles. The zero-order chi connectivity index (χ0) is 14.8. The average Bonchev–Trinajstić information content (AvgIpc) is 2.52. The van der Waals surface area contributed by atoms with Gasteiger partial charge in [0.15, 0.2) is 5.78 Å². The maximum atomic E-state index is 12.6. The van der Waals surface area contributed by atoms with E-state index in [0.29, 0.717) is 0 Å². The minimum atomic E-state index is 0.138. The third-order valence-electron chi connectivity index (χ3n) is 3.93. The zero-order valence-corrected chi connectivity index (χ0v) is 12.3. The molecule has 0 fully saturated rings. The minimum Gasteiger partial charge on any atom is -0.497 e. The van der Waals surface area contributed by atoms with Crippen LogP contribution in [0.2, 0.25) is 0 Å². The lowest BCUT2D eigenvalue weighted by atomic mass is 9.86. The lowest BCUT2D eigenvalue weighted by Gasteiger charge is -2.18. The van der Waals surface area contributed by atoms with Crippen LogP contribution in [-0.4, -0.2) is 12.9 Å². The molecule has 0 aromatic heterocycles. The van der Waals surface area contributed by atoms with E-state index in [4.69, 9.17) is 4.74 Å². The van der Waals surface area contributed by atoms with Crippen molar-refractivity contribution in [2.45, 2.75) is 19.8 Å². The Bertz CT molecular complexity index is 709. The molecule has 2 nitrogen and oxygen atoms in total. The van der Waals surface area contributed by atoms with Gasteiger partial charge in [0.2, 0.25) is 0 Å². The zero-order valence-electron chi connectivity index (χ0n) is 12.3. The molecule has 3 rings (SSSR count). The number of aryl methyl sites for hydroxylation is 2. The summed E-state index contributed by atoms with van der Waals surface area (Å²) < 4.78 is 5.22. The molecule has 2 heteroatoms. The monoisotopic (exact) mass is 278 g/mol. The van der Waals surface area contributed by atoms with Crippen molar-refractivity contribution in [2.75, 3.05) is 7.11 Å². The molecule has 0 N–H and O–H groups in total. The topological polar surface area (TPSA) is 26.3 Å². The molecule has 0 heterocycles. The predicted molar refractivity (Wildman–Crippen MR) is 84.8 cm³/mol. The largest absolute Gasteiger partial charge is 0.497 e. The van der Waals surface area contributed by atoms with Crippen LogP contribution in [0.15, 0.2) is 48.0 Å². The molecular formula is C19H18O2. The second kappa shape index (κ2) is 5.57. The average molecular weight is 278 g/mol. The first kappa shape index (κ1) is 13.6. The fraction of sp³-hybridized carbons (Fsp3) is 0.211. The van der Waals surface area contributed by atoms with E-state index in [1.54, 1.807) is 7.11 Å². The van der Waals surface area contributed by atoms with E-state index in [2.05, 4.69) is 31.2 Å². The van der Waals surface area contributed by atoms with Crippen LogP contribution in [0.25, 0.3) is 6.08 Å². The van der Waals surface area contributed by atoms with Crippen molar-refractivity contribution in [3.05, 3.63) is 70.3 Å². The molecule has 0 spiro atoms. The molecule has 0 amide bonds. The number of ether oxygens (including phenoxy) is 1. The summed E-state index contributed by atoms with van der Waals surface area (Å²) in [5.74, 6) is 0.951. The van der Waals surface area contributed by atoms with Gasteiger partial charge in [-0.3, -0.25) is 4.79 Å². The van der Waals surface area contributed by atoms with Gasteiger partial charge in [0.25, 0.3) is 0 Å². The van der Waals surface area contributed by atoms with Crippen LogP contribution in [0, 0.1) is 6.92 Å². The van der Waals surface area contributed by atoms with Gasteiger partial charge in [-0.1, -0.05) is 29.8 Å². The van der Waals surface area contributed by atoms with E-state index in [1.165, 1.54) is 5.56 Å². The van der Waals surface area contributed by atoms with E-state index in [-0.39, 0.29) is 5.78 Å². The number of hydrogen-bond acceptors (Lipinski definition) is 2. The summed E-state index contributed by atoms with van der Waals surface area (Å²) in [7, 11) is 1.65. The number of methoxy groups -OCH3 is 1. The number of rotatable bonds is 2. The quantitative estimate of drug-likeness (QED) is 0.769. The minimum absolute atomic E-state index is 0.138. The van der Waals surface area contributed by atoms with Crippen molar-refractivity contribution in [3.63, 3.8) is 0 Å². The molecule has 21 heavy (non-hydrogen) atoms. The first-order valence-corrected chi connectivity index (χ1v) is 7.16. The van der Waals surface area contributed by atoms with E-state index in [1.807, 2.05) is 24.3 Å². The predicted octanol–water partition coefficient (Wildman–Crippen LogP) is 4.22. The number of Topliss-reactive ketones (excluding diaryl/α,β-unsaturated/α-hetero) is 1. The molecule has 106 valence electrons. The van der Waals surface area contributed by atoms with Gasteiger partial charge in [-0.2, -0.15) is 0 Å². The molecule has 0 radical (unpaired) electrons. The SMILES string of the molecule is COc1ccc2c(c1)CC/C(=C/c1ccc(C)cc1)C2=O. The highest BCUT2D eigenvalue weighted by Gasteiger charge is 2.22. The second-order valence-corrected chi connectivity index (χ2v) is 5.43. The van der Waals surface area contributed by atoms with Crippen LogP contribution in [0.3, 0.4) is 0 Å². The molecule has 0 aliphatic heterocycles. The first-order chi connectivity index (χ1) is 10.2. The smallest absolute Gasteiger partial charge is 0.189 e. The summed E-state index contributed by atoms with van der Waals surface area (Å²) in [6.45, 7) is 2.06. The second-order valence-electron chi connectivity index (χ2n) is 5.43. The number of ketones is 1. The van der Waals surface area contributed by atoms with Crippen molar-refractivity contribution < 1.29 is 9.53 Å². The number of fused-ring (bicyclic) bond motifs is 1. The molecule has 2 aromatic rings. The van der Waals surface area contributed by atoms with Gasteiger partial charge in [-0.05, 0) is 55.2 Å². The fourth-order valence-electron chi connectivity index (χ4n) is 2.68. The molecule has 2 aromatic carbocycles. The standard InChI is InChI=1S/C19H18O2/c1-13-3-5-14(6-4-13)11-16-8-7-15-12-17(21-2)9-10-18(15)19(16)20/h3-6,9-12H,7-8H2,1-2H3/b16-11-. The van der Waals surface area contributed by atoms with Gasteiger partial charge in [0, 0.05) is 11.1 Å². The van der Waals surface area contributed by atoms with E-state index in [0.717, 1.165) is 40.9 Å². The Balaban J connectivity index is 1.93. The Hall–Kier alpha value is -2.35. The number of allylic oxidation sites excluding steroid dienone is 1. The van der Waals surface area contributed by atoms with Crippen LogP contribution < -0.4 is 4.74 Å². The molecule has 0 atom stereocenters. The van der Waals surface area contributed by atoms with E-state index < -0.39 is 0 Å². The fourth-order valence-corrected chi connectivity index (χ4v) is 2.68. The van der Waals surface area contributed by atoms with Gasteiger partial charge in [-0.15, -0.1) is 0 Å². The van der Waals surface area contributed by atoms with Crippen LogP contribution in [0.1, 0.15) is 33.5 Å². The number of carbonyl (C=O) groups is 1. The summed E-state index contributed by atoms with van der Waals surface area (Å²) in [6, 6.07) is 13.9. The Morgan fingerprint density at radius 2 is 1.81 bits per heavy atom. The molecule has 1 aliphatic carbocycles.